The Bertz CT molecular complexity index is 1330. The third-order valence-corrected chi connectivity index (χ3v) is 8.16. The molecule has 11 nitrogen and oxygen atoms in total. The van der Waals surface area contributed by atoms with Crippen molar-refractivity contribution in [1.29, 1.82) is 0 Å². The van der Waals surface area contributed by atoms with E-state index in [0.717, 1.165) is 24.2 Å². The minimum Gasteiger partial charge on any atom is -0.494 e. The van der Waals surface area contributed by atoms with Crippen LogP contribution in [0.5, 0.6) is 5.75 Å². The standard InChI is InChI=1S/C21H22N4O7S2/c1-24(12-15-4-3-9-32-15)34(29,30)16-7-5-13(6-8-16)20(26)23-21-22-19-17(31-2)10-14(25(27)28)11-18(19)33-21/h5-8,10-11,15H,3-4,9,12H2,1-2H3,(H,22,23,26). The van der Waals surface area contributed by atoms with Crippen molar-refractivity contribution in [2.24, 2.45) is 0 Å². The highest BCUT2D eigenvalue weighted by molar-refractivity contribution is 7.89. The number of carbonyl (C=O) groups excluding carboxylic acids is 1. The second-order valence-corrected chi connectivity index (χ2v) is 10.7. The second-order valence-electron chi connectivity index (χ2n) is 7.67. The number of hydrogen-bond acceptors (Lipinski definition) is 9. The van der Waals surface area contributed by atoms with Gasteiger partial charge in [-0.1, -0.05) is 11.3 Å². The molecule has 1 aromatic heterocycles. The molecule has 1 unspecified atom stereocenters. The van der Waals surface area contributed by atoms with E-state index in [2.05, 4.69) is 10.3 Å². The fourth-order valence-corrected chi connectivity index (χ4v) is 5.71. The zero-order chi connectivity index (χ0) is 24.5. The third-order valence-electron chi connectivity index (χ3n) is 5.41. The van der Waals surface area contributed by atoms with Crippen molar-refractivity contribution in [3.05, 3.63) is 52.1 Å². The number of sulfonamides is 1. The van der Waals surface area contributed by atoms with E-state index < -0.39 is 20.9 Å². The van der Waals surface area contributed by atoms with Crippen LogP contribution in [-0.4, -0.2) is 62.0 Å². The number of nitrogens with zero attached hydrogens (tertiary/aromatic N) is 3. The van der Waals surface area contributed by atoms with Crippen LogP contribution in [0.3, 0.4) is 0 Å². The van der Waals surface area contributed by atoms with E-state index in [-0.39, 0.29) is 39.7 Å². The topological polar surface area (TPSA) is 141 Å². The number of nitro benzene ring substituents is 1. The van der Waals surface area contributed by atoms with Crippen LogP contribution in [0.15, 0.2) is 41.3 Å². The number of anilines is 1. The maximum Gasteiger partial charge on any atom is 0.274 e. The fraction of sp³-hybridized carbons (Fsp3) is 0.333. The lowest BCUT2D eigenvalue weighted by molar-refractivity contribution is -0.384. The number of likely N-dealkylation sites (N-methyl/N-ethyl adjacent to an activating group) is 1. The van der Waals surface area contributed by atoms with Crippen LogP contribution in [-0.2, 0) is 14.8 Å². The summed E-state index contributed by atoms with van der Waals surface area (Å²) in [7, 11) is -0.839. The molecule has 0 radical (unpaired) electrons. The van der Waals surface area contributed by atoms with Crippen molar-refractivity contribution in [2.45, 2.75) is 23.8 Å². The summed E-state index contributed by atoms with van der Waals surface area (Å²) in [5.74, 6) is -0.271. The van der Waals surface area contributed by atoms with Gasteiger partial charge in [0.25, 0.3) is 11.6 Å². The Hall–Kier alpha value is -3.13. The molecule has 1 fully saturated rings. The molecule has 2 heterocycles. The number of hydrogen-bond donors (Lipinski definition) is 1. The second kappa shape index (κ2) is 9.62. The maximum absolute atomic E-state index is 12.8. The number of nitro groups is 1. The summed E-state index contributed by atoms with van der Waals surface area (Å²) in [4.78, 5) is 27.6. The molecule has 0 saturated carbocycles. The van der Waals surface area contributed by atoms with Gasteiger partial charge >= 0.3 is 0 Å². The molecule has 13 heteroatoms. The van der Waals surface area contributed by atoms with Gasteiger partial charge < -0.3 is 9.47 Å². The Kier molecular flexibility index (Phi) is 6.79. The van der Waals surface area contributed by atoms with Crippen LogP contribution in [0.1, 0.15) is 23.2 Å². The molecule has 1 aliphatic heterocycles. The zero-order valence-electron chi connectivity index (χ0n) is 18.4. The predicted molar refractivity (Wildman–Crippen MR) is 126 cm³/mol. The monoisotopic (exact) mass is 506 g/mol. The van der Waals surface area contributed by atoms with Gasteiger partial charge in [-0.3, -0.25) is 20.2 Å². The van der Waals surface area contributed by atoms with Gasteiger partial charge in [0.1, 0.15) is 5.52 Å². The molecule has 1 amide bonds. The number of benzene rings is 2. The number of ether oxygens (including phenoxy) is 2. The first-order valence-corrected chi connectivity index (χ1v) is 12.6. The van der Waals surface area contributed by atoms with Gasteiger partial charge in [0, 0.05) is 31.8 Å². The molecule has 0 spiro atoms. The van der Waals surface area contributed by atoms with Gasteiger partial charge in [-0.2, -0.15) is 4.31 Å². The van der Waals surface area contributed by atoms with Crippen LogP contribution in [0.2, 0.25) is 0 Å². The summed E-state index contributed by atoms with van der Waals surface area (Å²) in [5.41, 5.74) is 0.481. The molecule has 1 saturated heterocycles. The number of amides is 1. The van der Waals surface area contributed by atoms with Crippen molar-refractivity contribution in [3.63, 3.8) is 0 Å². The van der Waals surface area contributed by atoms with Gasteiger partial charge in [-0.25, -0.2) is 13.4 Å². The zero-order valence-corrected chi connectivity index (χ0v) is 20.0. The highest BCUT2D eigenvalue weighted by atomic mass is 32.2. The van der Waals surface area contributed by atoms with E-state index in [1.54, 1.807) is 0 Å². The van der Waals surface area contributed by atoms with Crippen LogP contribution >= 0.6 is 11.3 Å². The summed E-state index contributed by atoms with van der Waals surface area (Å²) < 4.78 is 38.1. The van der Waals surface area contributed by atoms with Crippen LogP contribution < -0.4 is 10.1 Å². The molecule has 1 aliphatic rings. The van der Waals surface area contributed by atoms with E-state index in [4.69, 9.17) is 9.47 Å². The number of nitrogens with one attached hydrogen (secondary N) is 1. The Morgan fingerprint density at radius 3 is 2.71 bits per heavy atom. The van der Waals surface area contributed by atoms with Crippen molar-refractivity contribution >= 4 is 48.3 Å². The lowest BCUT2D eigenvalue weighted by Gasteiger charge is -2.20. The lowest BCUT2D eigenvalue weighted by Crippen LogP contribution is -2.34. The number of rotatable bonds is 8. The Morgan fingerprint density at radius 2 is 2.09 bits per heavy atom. The normalized spacial score (nSPS) is 16.1. The molecule has 4 rings (SSSR count). The molecule has 0 aliphatic carbocycles. The Morgan fingerprint density at radius 1 is 1.35 bits per heavy atom. The van der Waals surface area contributed by atoms with Crippen molar-refractivity contribution in [2.75, 3.05) is 32.6 Å². The fourth-order valence-electron chi connectivity index (χ4n) is 3.60. The minimum atomic E-state index is -3.72. The maximum atomic E-state index is 12.8. The Balaban J connectivity index is 1.49. The minimum absolute atomic E-state index is 0.0709. The lowest BCUT2D eigenvalue weighted by atomic mass is 10.2. The molecule has 0 bridgehead atoms. The SMILES string of the molecule is COc1cc([N+](=O)[O-])cc2sc(NC(=O)c3ccc(S(=O)(=O)N(C)CC4CCCO4)cc3)nc12. The number of aromatic nitrogens is 1. The third kappa shape index (κ3) is 4.87. The average Bonchev–Trinajstić information content (AvgIpc) is 3.47. The molecular weight excluding hydrogens is 484 g/mol. The summed E-state index contributed by atoms with van der Waals surface area (Å²) >= 11 is 1.07. The summed E-state index contributed by atoms with van der Waals surface area (Å²) in [6, 6.07) is 8.21. The van der Waals surface area contributed by atoms with E-state index in [9.17, 15) is 23.3 Å². The molecule has 1 atom stereocenters. The number of methoxy groups -OCH3 is 1. The van der Waals surface area contributed by atoms with Crippen LogP contribution in [0.4, 0.5) is 10.8 Å². The summed E-state index contributed by atoms with van der Waals surface area (Å²) in [6.45, 7) is 0.907. The first-order chi connectivity index (χ1) is 16.2. The average molecular weight is 507 g/mol. The number of non-ortho nitro benzene ring substituents is 1. The van der Waals surface area contributed by atoms with Gasteiger partial charge in [-0.05, 0) is 37.1 Å². The first-order valence-electron chi connectivity index (χ1n) is 10.3. The van der Waals surface area contributed by atoms with Gasteiger partial charge in [0.15, 0.2) is 10.9 Å². The summed E-state index contributed by atoms with van der Waals surface area (Å²) in [6.07, 6.45) is 1.63. The predicted octanol–water partition coefficient (Wildman–Crippen LogP) is 3.26. The molecule has 2 aromatic carbocycles. The highest BCUT2D eigenvalue weighted by Crippen LogP contribution is 2.36. The van der Waals surface area contributed by atoms with E-state index in [1.165, 1.54) is 54.9 Å². The smallest absolute Gasteiger partial charge is 0.274 e. The van der Waals surface area contributed by atoms with E-state index in [0.29, 0.717) is 16.8 Å². The molecule has 3 aromatic rings. The largest absolute Gasteiger partial charge is 0.494 e. The quantitative estimate of drug-likeness (QED) is 0.362. The van der Waals surface area contributed by atoms with Gasteiger partial charge in [-0.15, -0.1) is 0 Å². The Labute approximate surface area is 199 Å². The molecule has 34 heavy (non-hydrogen) atoms. The molecular formula is C21H22N4O7S2. The highest BCUT2D eigenvalue weighted by Gasteiger charge is 2.26. The van der Waals surface area contributed by atoms with E-state index >= 15 is 0 Å². The van der Waals surface area contributed by atoms with Crippen LogP contribution in [0, 0.1) is 10.1 Å². The van der Waals surface area contributed by atoms with Crippen molar-refractivity contribution in [1.82, 2.24) is 9.29 Å². The number of carbonyl (C=O) groups is 1. The van der Waals surface area contributed by atoms with Crippen molar-refractivity contribution < 1.29 is 27.6 Å². The number of thiazole rings is 1. The van der Waals surface area contributed by atoms with E-state index in [1.807, 2.05) is 0 Å². The first kappa shape index (κ1) is 24.0. The number of fused-ring (bicyclic) bond motifs is 1. The van der Waals surface area contributed by atoms with Gasteiger partial charge in [0.05, 0.1) is 33.8 Å². The molecule has 180 valence electrons. The van der Waals surface area contributed by atoms with Crippen LogP contribution in [0.25, 0.3) is 10.2 Å². The van der Waals surface area contributed by atoms with Crippen molar-refractivity contribution in [3.8, 4) is 5.75 Å². The van der Waals surface area contributed by atoms with Gasteiger partial charge in [0.2, 0.25) is 10.0 Å². The summed E-state index contributed by atoms with van der Waals surface area (Å²) in [5, 5.41) is 14.0. The molecule has 1 N–H and O–H groups in total.